The fourth-order valence-electron chi connectivity index (χ4n) is 0.921. The van der Waals surface area contributed by atoms with Crippen LogP contribution in [0, 0.1) is 5.41 Å². The van der Waals surface area contributed by atoms with Crippen molar-refractivity contribution < 1.29 is 4.58 Å². The van der Waals surface area contributed by atoms with Gasteiger partial charge < -0.3 is 0 Å². The zero-order valence-corrected chi connectivity index (χ0v) is 5.68. The first-order valence-corrected chi connectivity index (χ1v) is 2.87. The van der Waals surface area contributed by atoms with Crippen molar-refractivity contribution in [2.45, 2.75) is 13.8 Å². The topological polar surface area (TPSA) is 3.01 Å². The summed E-state index contributed by atoms with van der Waals surface area (Å²) >= 11 is 0. The zero-order valence-electron chi connectivity index (χ0n) is 5.68. The smallest absolute Gasteiger partial charge is 0.165 e. The Bertz CT molecular complexity index is 152. The van der Waals surface area contributed by atoms with E-state index in [0.29, 0.717) is 0 Å². The third-order valence-electron chi connectivity index (χ3n) is 1.28. The molecule has 0 unspecified atom stereocenters. The number of rotatable bonds is 0. The molecule has 0 aromatic heterocycles. The van der Waals surface area contributed by atoms with Gasteiger partial charge in [-0.3, -0.25) is 0 Å². The fourth-order valence-corrected chi connectivity index (χ4v) is 0.921. The Kier molecular flexibility index (Phi) is 0.999. The van der Waals surface area contributed by atoms with Crippen molar-refractivity contribution in [1.29, 1.82) is 0 Å². The molecule has 0 spiro atoms. The minimum absolute atomic E-state index is 0.286. The van der Waals surface area contributed by atoms with Gasteiger partial charge in [-0.15, -0.1) is 0 Å². The second-order valence-corrected chi connectivity index (χ2v) is 2.93. The molecule has 0 aromatic carbocycles. The molecule has 44 valence electrons. The molecule has 1 nitrogen and oxygen atoms in total. The van der Waals surface area contributed by atoms with Gasteiger partial charge in [-0.1, -0.05) is 0 Å². The molecule has 1 rings (SSSR count). The molecule has 0 aromatic rings. The van der Waals surface area contributed by atoms with Gasteiger partial charge in [0.15, 0.2) is 12.4 Å². The molecule has 1 aliphatic heterocycles. The molecule has 0 saturated heterocycles. The Hall–Kier alpha value is -0.590. The van der Waals surface area contributed by atoms with Crippen LogP contribution in [-0.2, 0) is 0 Å². The molecule has 1 heterocycles. The van der Waals surface area contributed by atoms with Gasteiger partial charge in [-0.25, -0.2) is 4.58 Å². The van der Waals surface area contributed by atoms with Crippen molar-refractivity contribution in [1.82, 2.24) is 0 Å². The number of nitrogens with zero attached hydrogens (tertiary/aromatic N) is 1. The average molecular weight is 110 g/mol. The highest BCUT2D eigenvalue weighted by molar-refractivity contribution is 5.64. The predicted octanol–water partition coefficient (Wildman–Crippen LogP) is 1.25. The maximum Gasteiger partial charge on any atom is 0.165 e. The second-order valence-electron chi connectivity index (χ2n) is 2.93. The van der Waals surface area contributed by atoms with E-state index >= 15 is 0 Å². The van der Waals surface area contributed by atoms with Gasteiger partial charge in [0.25, 0.3) is 0 Å². The molecule has 0 atom stereocenters. The molecule has 0 saturated carbocycles. The minimum atomic E-state index is 0.286. The van der Waals surface area contributed by atoms with Gasteiger partial charge in [-0.05, 0) is 19.9 Å². The maximum absolute atomic E-state index is 2.19. The van der Waals surface area contributed by atoms with Crippen LogP contribution in [0.5, 0.6) is 0 Å². The normalized spacial score (nSPS) is 23.6. The monoisotopic (exact) mass is 110 g/mol. The molecule has 0 amide bonds. The zero-order chi connectivity index (χ0) is 6.20. The highest BCUT2D eigenvalue weighted by atomic mass is 15.0. The van der Waals surface area contributed by atoms with E-state index in [2.05, 4.69) is 36.9 Å². The Morgan fingerprint density at radius 1 is 1.38 bits per heavy atom. The van der Waals surface area contributed by atoms with E-state index in [0.717, 1.165) is 0 Å². The fraction of sp³-hybridized carbons (Fsp3) is 0.571. The lowest BCUT2D eigenvalue weighted by molar-refractivity contribution is -0.414. The third kappa shape index (κ3) is 0.971. The van der Waals surface area contributed by atoms with E-state index in [-0.39, 0.29) is 5.41 Å². The van der Waals surface area contributed by atoms with Gasteiger partial charge in [0, 0.05) is 0 Å². The van der Waals surface area contributed by atoms with Crippen LogP contribution in [0.25, 0.3) is 0 Å². The van der Waals surface area contributed by atoms with Crippen LogP contribution in [0.1, 0.15) is 13.8 Å². The highest BCUT2D eigenvalue weighted by Crippen LogP contribution is 2.16. The van der Waals surface area contributed by atoms with E-state index in [1.54, 1.807) is 0 Å². The first kappa shape index (κ1) is 5.54. The third-order valence-corrected chi connectivity index (χ3v) is 1.28. The Balaban J connectivity index is 2.84. The van der Waals surface area contributed by atoms with Crippen LogP contribution >= 0.6 is 0 Å². The Labute approximate surface area is 50.3 Å². The molecule has 0 bridgehead atoms. The summed E-state index contributed by atoms with van der Waals surface area (Å²) in [5.41, 5.74) is 0.286. The molecule has 0 radical (unpaired) electrons. The van der Waals surface area contributed by atoms with E-state index in [9.17, 15) is 0 Å². The summed E-state index contributed by atoms with van der Waals surface area (Å²) in [6.07, 6.45) is 6.46. The first-order valence-electron chi connectivity index (χ1n) is 2.87. The van der Waals surface area contributed by atoms with E-state index in [1.807, 2.05) is 7.05 Å². The van der Waals surface area contributed by atoms with E-state index < -0.39 is 0 Å². The molecule has 1 aliphatic rings. The molecule has 0 aliphatic carbocycles. The van der Waals surface area contributed by atoms with Gasteiger partial charge >= 0.3 is 0 Å². The lowest BCUT2D eigenvalue weighted by atomic mass is 9.97. The van der Waals surface area contributed by atoms with E-state index in [4.69, 9.17) is 0 Å². The van der Waals surface area contributed by atoms with Gasteiger partial charge in [-0.2, -0.15) is 0 Å². The maximum atomic E-state index is 2.19. The van der Waals surface area contributed by atoms with Crippen LogP contribution in [-0.4, -0.2) is 17.8 Å². The van der Waals surface area contributed by atoms with Gasteiger partial charge in [0.2, 0.25) is 0 Å². The highest BCUT2D eigenvalue weighted by Gasteiger charge is 2.20. The first-order chi connectivity index (χ1) is 3.60. The van der Waals surface area contributed by atoms with Crippen molar-refractivity contribution in [3.63, 3.8) is 0 Å². The second kappa shape index (κ2) is 1.44. The van der Waals surface area contributed by atoms with Crippen molar-refractivity contribution in [2.24, 2.45) is 5.41 Å². The predicted molar refractivity (Wildman–Crippen MR) is 35.2 cm³/mol. The summed E-state index contributed by atoms with van der Waals surface area (Å²) in [7, 11) is 2.05. The molecule has 0 N–H and O–H groups in total. The summed E-state index contributed by atoms with van der Waals surface area (Å²) in [6, 6.07) is 0. The number of allylic oxidation sites excluding steroid dienone is 1. The molecule has 1 heteroatoms. The number of hydrogen-bond donors (Lipinski definition) is 0. The van der Waals surface area contributed by atoms with Gasteiger partial charge in [0.1, 0.15) is 7.05 Å². The van der Waals surface area contributed by atoms with Gasteiger partial charge in [0.05, 0.1) is 5.41 Å². The largest absolute Gasteiger partial charge is 0.211 e. The standard InChI is InChI=1S/C7H12N/c1-7(2)4-5-8(3)6-7/h4-6H,1-3H3/q+1. The lowest BCUT2D eigenvalue weighted by Crippen LogP contribution is -2.08. The summed E-state index contributed by atoms with van der Waals surface area (Å²) in [6.45, 7) is 4.38. The van der Waals surface area contributed by atoms with Crippen molar-refractivity contribution in [2.75, 3.05) is 7.05 Å². The minimum Gasteiger partial charge on any atom is -0.211 e. The van der Waals surface area contributed by atoms with Crippen molar-refractivity contribution in [3.05, 3.63) is 12.3 Å². The quantitative estimate of drug-likeness (QED) is 0.413. The van der Waals surface area contributed by atoms with Crippen LogP contribution in [0.3, 0.4) is 0 Å². The molecular weight excluding hydrogens is 98.1 g/mol. The van der Waals surface area contributed by atoms with Crippen LogP contribution in [0.4, 0.5) is 0 Å². The SMILES string of the molecule is C[N+]1=CC(C)(C)C=C1. The van der Waals surface area contributed by atoms with Crippen LogP contribution < -0.4 is 0 Å². The molecule has 8 heavy (non-hydrogen) atoms. The average Bonchev–Trinajstić information content (AvgIpc) is 1.82. The lowest BCUT2D eigenvalue weighted by Gasteiger charge is -2.01. The van der Waals surface area contributed by atoms with Crippen LogP contribution in [0.15, 0.2) is 12.3 Å². The molecular formula is C7H12N+. The van der Waals surface area contributed by atoms with Crippen LogP contribution in [0.2, 0.25) is 0 Å². The summed E-state index contributed by atoms with van der Waals surface area (Å²) in [4.78, 5) is 0. The summed E-state index contributed by atoms with van der Waals surface area (Å²) in [5.74, 6) is 0. The summed E-state index contributed by atoms with van der Waals surface area (Å²) < 4.78 is 2.08. The molecule has 0 fully saturated rings. The number of hydrogen-bond acceptors (Lipinski definition) is 0. The summed E-state index contributed by atoms with van der Waals surface area (Å²) in [5, 5.41) is 0. The van der Waals surface area contributed by atoms with E-state index in [1.165, 1.54) is 0 Å². The Morgan fingerprint density at radius 2 is 2.00 bits per heavy atom. The Morgan fingerprint density at radius 3 is 2.12 bits per heavy atom. The van der Waals surface area contributed by atoms with Crippen molar-refractivity contribution in [3.8, 4) is 0 Å². The van der Waals surface area contributed by atoms with Crippen molar-refractivity contribution >= 4 is 6.21 Å².